The minimum Gasteiger partial charge on any atom is -0.495 e. The third kappa shape index (κ3) is 5.92. The second-order valence-electron chi connectivity index (χ2n) is 8.11. The molecule has 3 aromatic rings. The van der Waals surface area contributed by atoms with E-state index in [0.717, 1.165) is 0 Å². The lowest BCUT2D eigenvalue weighted by atomic mass is 10.3. The molecule has 34 heavy (non-hydrogen) atoms. The van der Waals surface area contributed by atoms with Gasteiger partial charge in [-0.15, -0.1) is 0 Å². The quantitative estimate of drug-likeness (QED) is 0.317. The molecule has 0 aliphatic rings. The fourth-order valence-electron chi connectivity index (χ4n) is 2.97. The van der Waals surface area contributed by atoms with Crippen LogP contribution in [0.2, 0.25) is 5.02 Å². The third-order valence-corrected chi connectivity index (χ3v) is 9.41. The van der Waals surface area contributed by atoms with Crippen molar-refractivity contribution >= 4 is 73.0 Å². The Labute approximate surface area is 212 Å². The Balaban J connectivity index is 1.97. The molecule has 0 radical (unpaired) electrons. The molecule has 0 bridgehead atoms. The zero-order valence-electron chi connectivity index (χ0n) is 19.3. The number of sulfone groups is 1. The molecule has 1 heterocycles. The van der Waals surface area contributed by atoms with Gasteiger partial charge in [-0.05, 0) is 63.6 Å². The van der Waals surface area contributed by atoms with Crippen LogP contribution < -0.4 is 20.7 Å². The number of methoxy groups -OCH3 is 1. The van der Waals surface area contributed by atoms with Gasteiger partial charge < -0.3 is 19.9 Å². The lowest BCUT2D eigenvalue weighted by Gasteiger charge is -2.16. The van der Waals surface area contributed by atoms with E-state index in [0.29, 0.717) is 26.9 Å². The van der Waals surface area contributed by atoms with E-state index in [1.165, 1.54) is 13.3 Å². The lowest BCUT2D eigenvalue weighted by molar-refractivity contribution is 0.417. The van der Waals surface area contributed by atoms with Crippen molar-refractivity contribution in [1.82, 2.24) is 9.97 Å². The molecule has 2 aromatic carbocycles. The second-order valence-corrected chi connectivity index (χ2v) is 15.1. The van der Waals surface area contributed by atoms with Gasteiger partial charge in [-0.3, -0.25) is 0 Å². The molecule has 8 nitrogen and oxygen atoms in total. The number of nitrogens with one attached hydrogen (secondary N) is 2. The number of nitrogens with zero attached hydrogens (tertiary/aromatic N) is 2. The predicted octanol–water partition coefficient (Wildman–Crippen LogP) is 5.82. The number of hydrogen-bond donors (Lipinski definition) is 2. The monoisotopic (exact) mass is 586 g/mol. The molecule has 2 N–H and O–H groups in total. The topological polar surface area (TPSA) is 110 Å². The Morgan fingerprint density at radius 3 is 2.38 bits per heavy atom. The number of hydrogen-bond acceptors (Lipinski definition) is 8. The summed E-state index contributed by atoms with van der Waals surface area (Å²) in [6.07, 6.45) is 1.40. The number of benzene rings is 2. The van der Waals surface area contributed by atoms with Gasteiger partial charge in [-0.25, -0.2) is 13.4 Å². The van der Waals surface area contributed by atoms with Crippen molar-refractivity contribution in [1.29, 1.82) is 0 Å². The van der Waals surface area contributed by atoms with Crippen LogP contribution in [0.3, 0.4) is 0 Å². The Kier molecular flexibility index (Phi) is 7.97. The number of anilines is 4. The molecule has 0 unspecified atom stereocenters. The standard InChI is InChI=1S/C22H25BrClN4O4PS/c1-13(2)34(30,31)20-10-14(23)6-8-18(20)26-21-16(24)12-25-22(28-21)27-17-9-7-15(33(4,5)29)11-19(17)32-3/h6-13H,1-5H3,(H2,25,26,27,28). The average Bonchev–Trinajstić information content (AvgIpc) is 2.76. The molecular weight excluding hydrogens is 563 g/mol. The van der Waals surface area contributed by atoms with Crippen LogP contribution in [0.4, 0.5) is 23.1 Å². The van der Waals surface area contributed by atoms with Crippen LogP contribution in [-0.4, -0.2) is 44.1 Å². The van der Waals surface area contributed by atoms with E-state index in [2.05, 4.69) is 36.5 Å². The van der Waals surface area contributed by atoms with Crippen LogP contribution in [0.15, 0.2) is 52.0 Å². The Bertz CT molecular complexity index is 1380. The zero-order valence-corrected chi connectivity index (χ0v) is 23.3. The molecule has 0 aliphatic heterocycles. The third-order valence-electron chi connectivity index (χ3n) is 4.92. The first-order valence-corrected chi connectivity index (χ1v) is 15.5. The molecule has 0 saturated carbocycles. The van der Waals surface area contributed by atoms with Crippen molar-refractivity contribution in [3.8, 4) is 5.75 Å². The van der Waals surface area contributed by atoms with Crippen molar-refractivity contribution in [3.63, 3.8) is 0 Å². The maximum atomic E-state index is 12.9. The first-order valence-electron chi connectivity index (χ1n) is 10.2. The molecule has 182 valence electrons. The number of ether oxygens (including phenoxy) is 1. The van der Waals surface area contributed by atoms with E-state index in [4.69, 9.17) is 16.3 Å². The van der Waals surface area contributed by atoms with Gasteiger partial charge in [0.15, 0.2) is 15.7 Å². The lowest BCUT2D eigenvalue weighted by Crippen LogP contribution is -2.16. The highest BCUT2D eigenvalue weighted by atomic mass is 79.9. The van der Waals surface area contributed by atoms with Crippen molar-refractivity contribution < 1.29 is 17.7 Å². The maximum absolute atomic E-state index is 12.9. The number of halogens is 2. The summed E-state index contributed by atoms with van der Waals surface area (Å²) in [5.74, 6) is 0.913. The van der Waals surface area contributed by atoms with Crippen LogP contribution in [0.1, 0.15) is 13.8 Å². The van der Waals surface area contributed by atoms with E-state index in [9.17, 15) is 13.0 Å². The number of aromatic nitrogens is 2. The molecule has 0 fully saturated rings. The fourth-order valence-corrected chi connectivity index (χ4v) is 5.71. The highest BCUT2D eigenvalue weighted by molar-refractivity contribution is 9.10. The molecule has 3 rings (SSSR count). The van der Waals surface area contributed by atoms with Gasteiger partial charge >= 0.3 is 0 Å². The summed E-state index contributed by atoms with van der Waals surface area (Å²) in [5.41, 5.74) is 0.909. The van der Waals surface area contributed by atoms with Crippen LogP contribution in [0.25, 0.3) is 0 Å². The fraction of sp³-hybridized carbons (Fsp3) is 0.273. The summed E-state index contributed by atoms with van der Waals surface area (Å²) in [4.78, 5) is 8.75. The summed E-state index contributed by atoms with van der Waals surface area (Å²) in [6.45, 7) is 6.61. The van der Waals surface area contributed by atoms with E-state index in [-0.39, 0.29) is 21.7 Å². The molecule has 0 amide bonds. The smallest absolute Gasteiger partial charge is 0.229 e. The first kappa shape index (κ1) is 26.5. The Morgan fingerprint density at radius 1 is 1.09 bits per heavy atom. The number of rotatable bonds is 8. The van der Waals surface area contributed by atoms with Crippen LogP contribution in [-0.2, 0) is 14.4 Å². The van der Waals surface area contributed by atoms with E-state index >= 15 is 0 Å². The summed E-state index contributed by atoms with van der Waals surface area (Å²) < 4.78 is 44.2. The van der Waals surface area contributed by atoms with Crippen molar-refractivity contribution in [2.45, 2.75) is 24.0 Å². The molecular formula is C22H25BrClN4O4PS. The molecule has 0 aliphatic carbocycles. The van der Waals surface area contributed by atoms with Crippen LogP contribution in [0, 0.1) is 0 Å². The van der Waals surface area contributed by atoms with Gasteiger partial charge in [0, 0.05) is 9.78 Å². The molecule has 0 saturated heterocycles. The molecule has 0 atom stereocenters. The van der Waals surface area contributed by atoms with Gasteiger partial charge in [0.2, 0.25) is 5.95 Å². The Hall–Kier alpha value is -2.13. The normalized spacial score (nSPS) is 12.0. The summed E-state index contributed by atoms with van der Waals surface area (Å²) in [7, 11) is -4.53. The van der Waals surface area contributed by atoms with E-state index in [1.807, 2.05) is 0 Å². The van der Waals surface area contributed by atoms with Crippen LogP contribution in [0.5, 0.6) is 5.75 Å². The maximum Gasteiger partial charge on any atom is 0.229 e. The van der Waals surface area contributed by atoms with Gasteiger partial charge in [-0.2, -0.15) is 4.98 Å². The molecule has 0 spiro atoms. The van der Waals surface area contributed by atoms with Crippen molar-refractivity contribution in [3.05, 3.63) is 52.1 Å². The summed E-state index contributed by atoms with van der Waals surface area (Å²) in [5, 5.41) is 6.37. The molecule has 1 aromatic heterocycles. The highest BCUT2D eigenvalue weighted by Crippen LogP contribution is 2.38. The molecule has 12 heteroatoms. The van der Waals surface area contributed by atoms with Crippen LogP contribution >= 0.6 is 34.7 Å². The van der Waals surface area contributed by atoms with E-state index < -0.39 is 22.2 Å². The average molecular weight is 588 g/mol. The largest absolute Gasteiger partial charge is 0.495 e. The minimum atomic E-state index is -3.58. The highest BCUT2D eigenvalue weighted by Gasteiger charge is 2.24. The summed E-state index contributed by atoms with van der Waals surface area (Å²) in [6, 6.07) is 10.1. The van der Waals surface area contributed by atoms with Crippen molar-refractivity contribution in [2.75, 3.05) is 31.1 Å². The first-order chi connectivity index (χ1) is 15.8. The van der Waals surface area contributed by atoms with Gasteiger partial charge in [-0.1, -0.05) is 27.5 Å². The SMILES string of the molecule is COc1cc(P(C)(C)=O)ccc1Nc1ncc(Cl)c(Nc2ccc(Br)cc2S(=O)(=O)C(C)C)n1. The zero-order chi connectivity index (χ0) is 25.3. The van der Waals surface area contributed by atoms with Gasteiger partial charge in [0.25, 0.3) is 0 Å². The summed E-state index contributed by atoms with van der Waals surface area (Å²) >= 11 is 9.64. The van der Waals surface area contributed by atoms with E-state index in [1.54, 1.807) is 63.6 Å². The Morgan fingerprint density at radius 2 is 1.76 bits per heavy atom. The van der Waals surface area contributed by atoms with Crippen molar-refractivity contribution in [2.24, 2.45) is 0 Å². The predicted molar refractivity (Wildman–Crippen MR) is 142 cm³/mol. The second kappa shape index (κ2) is 10.2. The van der Waals surface area contributed by atoms with Gasteiger partial charge in [0.05, 0.1) is 34.8 Å². The van der Waals surface area contributed by atoms with Gasteiger partial charge in [0.1, 0.15) is 17.9 Å². The minimum absolute atomic E-state index is 0.127.